The van der Waals surface area contributed by atoms with Crippen molar-refractivity contribution in [3.63, 3.8) is 0 Å². The fourth-order valence-corrected chi connectivity index (χ4v) is 3.41. The van der Waals surface area contributed by atoms with E-state index in [0.29, 0.717) is 0 Å². The van der Waals surface area contributed by atoms with E-state index in [1.54, 1.807) is 11.3 Å². The average Bonchev–Trinajstić information content (AvgIpc) is 2.67. The van der Waals surface area contributed by atoms with Gasteiger partial charge in [0.2, 0.25) is 5.91 Å². The van der Waals surface area contributed by atoms with Gasteiger partial charge in [-0.1, -0.05) is 13.3 Å². The molecule has 0 fully saturated rings. The lowest BCUT2D eigenvalue weighted by molar-refractivity contribution is -0.125. The number of carbonyl (C=O) groups excluding carboxylic acids is 1. The molecule has 1 rings (SSSR count). The van der Waals surface area contributed by atoms with E-state index in [2.05, 4.69) is 32.2 Å². The highest BCUT2D eigenvalue weighted by Crippen LogP contribution is 2.26. The fourth-order valence-electron chi connectivity index (χ4n) is 2.39. The zero-order valence-corrected chi connectivity index (χ0v) is 14.1. The normalized spacial score (nSPS) is 15.7. The van der Waals surface area contributed by atoms with Crippen molar-refractivity contribution in [3.8, 4) is 0 Å². The molecular weight excluding hydrogens is 268 g/mol. The Labute approximate surface area is 127 Å². The Morgan fingerprint density at radius 2 is 1.95 bits per heavy atom. The molecule has 3 unspecified atom stereocenters. The maximum atomic E-state index is 12.2. The predicted octanol–water partition coefficient (Wildman–Crippen LogP) is 3.70. The van der Waals surface area contributed by atoms with Crippen molar-refractivity contribution in [1.29, 1.82) is 0 Å². The quantitative estimate of drug-likeness (QED) is 0.806. The first-order chi connectivity index (χ1) is 9.31. The molecule has 1 heterocycles. The zero-order chi connectivity index (χ0) is 15.3. The average molecular weight is 296 g/mol. The van der Waals surface area contributed by atoms with Gasteiger partial charge in [0.15, 0.2) is 0 Å². The third-order valence-corrected chi connectivity index (χ3v) is 4.63. The summed E-state index contributed by atoms with van der Waals surface area (Å²) in [5.74, 6) is 0.196. The Kier molecular flexibility index (Phi) is 6.69. The number of hydrogen-bond donors (Lipinski definition) is 2. The molecule has 114 valence electrons. The Morgan fingerprint density at radius 3 is 2.45 bits per heavy atom. The first kappa shape index (κ1) is 17.2. The van der Waals surface area contributed by atoms with Crippen molar-refractivity contribution in [2.24, 2.45) is 11.7 Å². The van der Waals surface area contributed by atoms with Gasteiger partial charge in [-0.2, -0.15) is 0 Å². The van der Waals surface area contributed by atoms with Gasteiger partial charge in [-0.3, -0.25) is 4.79 Å². The lowest BCUT2D eigenvalue weighted by Gasteiger charge is -2.18. The molecule has 1 aromatic heterocycles. The summed E-state index contributed by atoms with van der Waals surface area (Å²) < 4.78 is 0. The molecule has 3 atom stereocenters. The van der Waals surface area contributed by atoms with Crippen LogP contribution >= 0.6 is 11.3 Å². The molecular formula is C16H28N2OS. The largest absolute Gasteiger partial charge is 0.349 e. The summed E-state index contributed by atoms with van der Waals surface area (Å²) in [6.07, 6.45) is 2.90. The van der Waals surface area contributed by atoms with Crippen LogP contribution < -0.4 is 11.1 Å². The molecule has 0 radical (unpaired) electrons. The highest BCUT2D eigenvalue weighted by atomic mass is 32.1. The highest BCUT2D eigenvalue weighted by molar-refractivity contribution is 7.12. The Morgan fingerprint density at radius 1 is 1.30 bits per heavy atom. The molecule has 0 aliphatic heterocycles. The Hall–Kier alpha value is -0.870. The van der Waals surface area contributed by atoms with Gasteiger partial charge in [-0.25, -0.2) is 0 Å². The number of thiophene rings is 1. The van der Waals surface area contributed by atoms with E-state index in [4.69, 9.17) is 5.73 Å². The summed E-state index contributed by atoms with van der Waals surface area (Å²) in [5, 5.41) is 3.12. The topological polar surface area (TPSA) is 55.1 Å². The van der Waals surface area contributed by atoms with Crippen LogP contribution in [0.3, 0.4) is 0 Å². The predicted molar refractivity (Wildman–Crippen MR) is 87.0 cm³/mol. The number of nitrogens with two attached hydrogens (primary N) is 1. The first-order valence-electron chi connectivity index (χ1n) is 7.44. The van der Waals surface area contributed by atoms with Gasteiger partial charge in [-0.05, 0) is 52.2 Å². The summed E-state index contributed by atoms with van der Waals surface area (Å²) in [7, 11) is 0. The van der Waals surface area contributed by atoms with E-state index in [0.717, 1.165) is 19.3 Å². The minimum atomic E-state index is 0.0521. The molecule has 20 heavy (non-hydrogen) atoms. The molecule has 0 aliphatic carbocycles. The second-order valence-electron chi connectivity index (χ2n) is 5.91. The summed E-state index contributed by atoms with van der Waals surface area (Å²) in [6, 6.07) is 2.48. The Balaban J connectivity index is 2.46. The van der Waals surface area contributed by atoms with Crippen LogP contribution in [-0.4, -0.2) is 11.9 Å². The molecule has 0 bridgehead atoms. The van der Waals surface area contributed by atoms with E-state index in [9.17, 15) is 4.79 Å². The highest BCUT2D eigenvalue weighted by Gasteiger charge is 2.18. The molecule has 3 nitrogen and oxygen atoms in total. The van der Waals surface area contributed by atoms with Crippen molar-refractivity contribution in [2.75, 3.05) is 0 Å². The van der Waals surface area contributed by atoms with Crippen LogP contribution in [0.25, 0.3) is 0 Å². The van der Waals surface area contributed by atoms with Gasteiger partial charge in [0.05, 0.1) is 6.04 Å². The molecule has 0 aliphatic rings. The standard InChI is InChI=1S/C16H28N2OS/c1-10(7-6-8-11(2)17)16(19)18-13(4)15-9-12(3)20-14(15)5/h9-11,13H,6-8,17H2,1-5H3,(H,18,19). The molecule has 3 N–H and O–H groups in total. The van der Waals surface area contributed by atoms with Gasteiger partial charge in [0.25, 0.3) is 0 Å². The van der Waals surface area contributed by atoms with E-state index in [1.807, 2.05) is 13.8 Å². The molecule has 0 saturated carbocycles. The summed E-state index contributed by atoms with van der Waals surface area (Å²) >= 11 is 1.78. The molecule has 0 spiro atoms. The molecule has 1 aromatic rings. The number of rotatable bonds is 7. The number of nitrogens with one attached hydrogen (secondary N) is 1. The lowest BCUT2D eigenvalue weighted by atomic mass is 10.0. The van der Waals surface area contributed by atoms with E-state index in [-0.39, 0.29) is 23.9 Å². The minimum Gasteiger partial charge on any atom is -0.349 e. The third-order valence-electron chi connectivity index (χ3n) is 3.65. The van der Waals surface area contributed by atoms with E-state index in [1.165, 1.54) is 15.3 Å². The fraction of sp³-hybridized carbons (Fsp3) is 0.688. The molecule has 1 amide bonds. The van der Waals surface area contributed by atoms with Crippen LogP contribution in [0.1, 0.15) is 61.4 Å². The third kappa shape index (κ3) is 5.25. The van der Waals surface area contributed by atoms with Crippen molar-refractivity contribution >= 4 is 17.2 Å². The van der Waals surface area contributed by atoms with Gasteiger partial charge in [0, 0.05) is 21.7 Å². The van der Waals surface area contributed by atoms with Crippen LogP contribution in [0, 0.1) is 19.8 Å². The van der Waals surface area contributed by atoms with Crippen LogP contribution in [0.5, 0.6) is 0 Å². The lowest BCUT2D eigenvalue weighted by Crippen LogP contribution is -2.31. The van der Waals surface area contributed by atoms with Crippen LogP contribution in [0.15, 0.2) is 6.07 Å². The number of amides is 1. The van der Waals surface area contributed by atoms with Crippen molar-refractivity contribution in [3.05, 3.63) is 21.4 Å². The smallest absolute Gasteiger partial charge is 0.223 e. The molecule has 0 saturated heterocycles. The van der Waals surface area contributed by atoms with Gasteiger partial charge >= 0.3 is 0 Å². The summed E-state index contributed by atoms with van der Waals surface area (Å²) in [5.41, 5.74) is 6.97. The first-order valence-corrected chi connectivity index (χ1v) is 8.25. The monoisotopic (exact) mass is 296 g/mol. The molecule has 4 heteroatoms. The van der Waals surface area contributed by atoms with Crippen molar-refractivity contribution in [2.45, 2.75) is 66.0 Å². The van der Waals surface area contributed by atoms with Crippen molar-refractivity contribution < 1.29 is 4.79 Å². The van der Waals surface area contributed by atoms with Gasteiger partial charge in [0.1, 0.15) is 0 Å². The maximum Gasteiger partial charge on any atom is 0.223 e. The number of hydrogen-bond acceptors (Lipinski definition) is 3. The number of carbonyl (C=O) groups is 1. The van der Waals surface area contributed by atoms with Crippen molar-refractivity contribution in [1.82, 2.24) is 5.32 Å². The van der Waals surface area contributed by atoms with Crippen LogP contribution in [0.4, 0.5) is 0 Å². The summed E-state index contributed by atoms with van der Waals surface area (Å²) in [4.78, 5) is 14.8. The summed E-state index contributed by atoms with van der Waals surface area (Å²) in [6.45, 7) is 10.3. The van der Waals surface area contributed by atoms with E-state index < -0.39 is 0 Å². The Bertz CT molecular complexity index is 440. The number of aryl methyl sites for hydroxylation is 2. The van der Waals surface area contributed by atoms with E-state index >= 15 is 0 Å². The van der Waals surface area contributed by atoms with Crippen LogP contribution in [0.2, 0.25) is 0 Å². The maximum absolute atomic E-state index is 12.2. The second-order valence-corrected chi connectivity index (χ2v) is 7.37. The molecule has 0 aromatic carbocycles. The van der Waals surface area contributed by atoms with Gasteiger partial charge < -0.3 is 11.1 Å². The SMILES string of the molecule is Cc1cc(C(C)NC(=O)C(C)CCCC(C)N)c(C)s1. The minimum absolute atomic E-state index is 0.0521. The van der Waals surface area contributed by atoms with Crippen LogP contribution in [-0.2, 0) is 4.79 Å². The zero-order valence-electron chi connectivity index (χ0n) is 13.3. The van der Waals surface area contributed by atoms with Gasteiger partial charge in [-0.15, -0.1) is 11.3 Å². The second kappa shape index (κ2) is 7.79.